The number of primary amides is 1. The number of carbonyl (C=O) groups excluding carboxylic acids is 1. The molecule has 1 aliphatic heterocycles. The summed E-state index contributed by atoms with van der Waals surface area (Å²) in [5, 5.41) is 8.64. The van der Waals surface area contributed by atoms with Crippen molar-refractivity contribution in [3.63, 3.8) is 0 Å². The number of nitrogens with two attached hydrogens (primary N) is 1. The molecule has 3 aromatic rings. The average Bonchev–Trinajstić information content (AvgIpc) is 3.28. The Morgan fingerprint density at radius 3 is 2.29 bits per heavy atom. The van der Waals surface area contributed by atoms with E-state index < -0.39 is 5.91 Å². The van der Waals surface area contributed by atoms with Crippen molar-refractivity contribution in [2.45, 2.75) is 38.5 Å². The fourth-order valence-electron chi connectivity index (χ4n) is 3.85. The van der Waals surface area contributed by atoms with Gasteiger partial charge in [0.25, 0.3) is 5.91 Å². The summed E-state index contributed by atoms with van der Waals surface area (Å²) in [6.07, 6.45) is 5.28. The van der Waals surface area contributed by atoms with Gasteiger partial charge in [-0.05, 0) is 75.4 Å². The molecule has 0 bridgehead atoms. The molecule has 162 valence electrons. The van der Waals surface area contributed by atoms with Crippen molar-refractivity contribution >= 4 is 29.1 Å². The molecule has 5 rings (SSSR count). The SMILES string of the molecule is C1CCNC1.Cc1c(C(N)=O)nn(-c2ccc(Cl)cc2Cl)c1-c1ccc(C2CC2)cc1. The van der Waals surface area contributed by atoms with Gasteiger partial charge in [0.15, 0.2) is 5.69 Å². The average molecular weight is 457 g/mol. The zero-order valence-corrected chi connectivity index (χ0v) is 19.0. The van der Waals surface area contributed by atoms with Gasteiger partial charge in [-0.25, -0.2) is 4.68 Å². The third-order valence-corrected chi connectivity index (χ3v) is 6.22. The zero-order chi connectivity index (χ0) is 22.0. The molecule has 3 N–H and O–H groups in total. The van der Waals surface area contributed by atoms with Crippen molar-refractivity contribution in [2.24, 2.45) is 5.73 Å². The van der Waals surface area contributed by atoms with Crippen LogP contribution in [0.5, 0.6) is 0 Å². The molecule has 31 heavy (non-hydrogen) atoms. The largest absolute Gasteiger partial charge is 0.364 e. The number of aromatic nitrogens is 2. The molecule has 7 heteroatoms. The molecular formula is C24H26Cl2N4O. The summed E-state index contributed by atoms with van der Waals surface area (Å²) in [5.74, 6) is 0.115. The number of benzene rings is 2. The first kappa shape index (κ1) is 21.9. The summed E-state index contributed by atoms with van der Waals surface area (Å²) in [4.78, 5) is 11.8. The number of amides is 1. The lowest BCUT2D eigenvalue weighted by Crippen LogP contribution is -2.13. The van der Waals surface area contributed by atoms with Gasteiger partial charge < -0.3 is 11.1 Å². The van der Waals surface area contributed by atoms with Crippen LogP contribution in [0.25, 0.3) is 16.9 Å². The zero-order valence-electron chi connectivity index (χ0n) is 17.5. The Kier molecular flexibility index (Phi) is 6.65. The number of hydrogen-bond acceptors (Lipinski definition) is 3. The lowest BCUT2D eigenvalue weighted by Gasteiger charge is -2.11. The summed E-state index contributed by atoms with van der Waals surface area (Å²) in [6, 6.07) is 13.6. The second kappa shape index (κ2) is 9.43. The highest BCUT2D eigenvalue weighted by molar-refractivity contribution is 6.35. The Morgan fingerprint density at radius 1 is 1.10 bits per heavy atom. The van der Waals surface area contributed by atoms with Gasteiger partial charge in [-0.3, -0.25) is 4.79 Å². The van der Waals surface area contributed by atoms with Gasteiger partial charge in [-0.2, -0.15) is 5.10 Å². The van der Waals surface area contributed by atoms with Crippen LogP contribution in [0.3, 0.4) is 0 Å². The van der Waals surface area contributed by atoms with Crippen LogP contribution in [0.15, 0.2) is 42.5 Å². The number of rotatable bonds is 4. The van der Waals surface area contributed by atoms with Gasteiger partial charge in [-0.1, -0.05) is 47.5 Å². The van der Waals surface area contributed by atoms with E-state index in [9.17, 15) is 4.79 Å². The molecule has 0 atom stereocenters. The first-order chi connectivity index (χ1) is 15.0. The number of nitrogens with zero attached hydrogens (tertiary/aromatic N) is 2. The molecule has 2 aliphatic rings. The second-order valence-corrected chi connectivity index (χ2v) is 8.89. The third kappa shape index (κ3) is 4.95. The highest BCUT2D eigenvalue weighted by Gasteiger charge is 2.25. The van der Waals surface area contributed by atoms with Crippen LogP contribution in [0, 0.1) is 6.92 Å². The molecule has 0 radical (unpaired) electrons. The van der Waals surface area contributed by atoms with Crippen LogP contribution in [-0.4, -0.2) is 28.8 Å². The number of nitrogens with one attached hydrogen (secondary N) is 1. The van der Waals surface area contributed by atoms with Gasteiger partial charge in [-0.15, -0.1) is 0 Å². The van der Waals surface area contributed by atoms with Crippen molar-refractivity contribution in [2.75, 3.05) is 13.1 Å². The smallest absolute Gasteiger partial charge is 0.269 e. The maximum atomic E-state index is 11.8. The molecule has 1 aliphatic carbocycles. The van der Waals surface area contributed by atoms with E-state index in [-0.39, 0.29) is 5.69 Å². The molecule has 1 saturated carbocycles. The molecule has 0 spiro atoms. The predicted molar refractivity (Wildman–Crippen MR) is 126 cm³/mol. The van der Waals surface area contributed by atoms with Gasteiger partial charge >= 0.3 is 0 Å². The van der Waals surface area contributed by atoms with Crippen molar-refractivity contribution in [1.82, 2.24) is 15.1 Å². The Hall–Kier alpha value is -2.34. The van der Waals surface area contributed by atoms with Gasteiger partial charge in [0.05, 0.1) is 16.4 Å². The molecule has 2 heterocycles. The lowest BCUT2D eigenvalue weighted by atomic mass is 10.0. The molecule has 1 aromatic heterocycles. The van der Waals surface area contributed by atoms with Crippen molar-refractivity contribution in [3.8, 4) is 16.9 Å². The first-order valence-corrected chi connectivity index (χ1v) is 11.4. The summed E-state index contributed by atoms with van der Waals surface area (Å²) < 4.78 is 1.67. The van der Waals surface area contributed by atoms with Crippen LogP contribution < -0.4 is 11.1 Å². The Balaban J connectivity index is 0.000000407. The Morgan fingerprint density at radius 2 is 1.77 bits per heavy atom. The van der Waals surface area contributed by atoms with Crippen LogP contribution in [-0.2, 0) is 0 Å². The number of halogens is 2. The Bertz CT molecular complexity index is 1080. The lowest BCUT2D eigenvalue weighted by molar-refractivity contribution is 0.0994. The monoisotopic (exact) mass is 456 g/mol. The second-order valence-electron chi connectivity index (χ2n) is 8.05. The minimum atomic E-state index is -0.567. The molecule has 1 amide bonds. The maximum Gasteiger partial charge on any atom is 0.269 e. The van der Waals surface area contributed by atoms with Crippen LogP contribution in [0.2, 0.25) is 10.0 Å². The fourth-order valence-corrected chi connectivity index (χ4v) is 4.34. The van der Waals surface area contributed by atoms with Crippen LogP contribution >= 0.6 is 23.2 Å². The summed E-state index contributed by atoms with van der Waals surface area (Å²) in [6.45, 7) is 4.34. The quantitative estimate of drug-likeness (QED) is 0.543. The van der Waals surface area contributed by atoms with E-state index in [1.807, 2.05) is 6.92 Å². The van der Waals surface area contributed by atoms with E-state index in [1.54, 1.807) is 22.9 Å². The molecule has 2 fully saturated rings. The highest BCUT2D eigenvalue weighted by atomic mass is 35.5. The molecule has 0 unspecified atom stereocenters. The Labute approximate surface area is 192 Å². The summed E-state index contributed by atoms with van der Waals surface area (Å²) in [7, 11) is 0. The van der Waals surface area contributed by atoms with Gasteiger partial charge in [0.1, 0.15) is 0 Å². The number of hydrogen-bond donors (Lipinski definition) is 2. The van der Waals surface area contributed by atoms with E-state index in [2.05, 4.69) is 34.7 Å². The minimum absolute atomic E-state index is 0.234. The topological polar surface area (TPSA) is 72.9 Å². The standard InChI is InChI=1S/C20H17Cl2N3O.C4H9N/c1-11-18(20(23)26)24-25(17-9-8-15(21)10-16(17)22)19(11)14-6-4-13(5-7-14)12-2-3-12;1-2-4-5-3-1/h4-10,12H,2-3H2,1H3,(H2,23,26);5H,1-4H2. The maximum absolute atomic E-state index is 11.8. The van der Waals surface area contributed by atoms with Crippen molar-refractivity contribution < 1.29 is 4.79 Å². The van der Waals surface area contributed by atoms with E-state index in [4.69, 9.17) is 28.9 Å². The van der Waals surface area contributed by atoms with Gasteiger partial charge in [0, 0.05) is 16.1 Å². The minimum Gasteiger partial charge on any atom is -0.364 e. The van der Waals surface area contributed by atoms with Crippen LogP contribution in [0.4, 0.5) is 0 Å². The first-order valence-electron chi connectivity index (χ1n) is 10.6. The fraction of sp³-hybridized carbons (Fsp3) is 0.333. The van der Waals surface area contributed by atoms with Crippen LogP contribution in [0.1, 0.15) is 53.2 Å². The van der Waals surface area contributed by atoms with E-state index in [1.165, 1.54) is 44.3 Å². The highest BCUT2D eigenvalue weighted by Crippen LogP contribution is 2.41. The molecular weight excluding hydrogens is 431 g/mol. The van der Waals surface area contributed by atoms with Crippen molar-refractivity contribution in [1.29, 1.82) is 0 Å². The summed E-state index contributed by atoms with van der Waals surface area (Å²) in [5.41, 5.74) is 10.2. The molecule has 1 saturated heterocycles. The van der Waals surface area contributed by atoms with E-state index >= 15 is 0 Å². The van der Waals surface area contributed by atoms with E-state index in [0.29, 0.717) is 21.7 Å². The molecule has 5 nitrogen and oxygen atoms in total. The number of carbonyl (C=O) groups is 1. The van der Waals surface area contributed by atoms with E-state index in [0.717, 1.165) is 16.8 Å². The third-order valence-electron chi connectivity index (χ3n) is 5.68. The van der Waals surface area contributed by atoms with Gasteiger partial charge in [0.2, 0.25) is 0 Å². The molecule has 2 aromatic carbocycles. The summed E-state index contributed by atoms with van der Waals surface area (Å²) >= 11 is 12.4. The van der Waals surface area contributed by atoms with Crippen molar-refractivity contribution in [3.05, 3.63) is 69.3 Å². The normalized spacial score (nSPS) is 15.5. The predicted octanol–water partition coefficient (Wildman–Crippen LogP) is 5.50.